The van der Waals surface area contributed by atoms with Gasteiger partial charge in [-0.2, -0.15) is 0 Å². The zero-order valence-electron chi connectivity index (χ0n) is 11.7. The number of aryl methyl sites for hydroxylation is 1. The first kappa shape index (κ1) is 18.0. The third-order valence-electron chi connectivity index (χ3n) is 3.58. The van der Waals surface area contributed by atoms with Crippen LogP contribution in [0.25, 0.3) is 0 Å². The minimum absolute atomic E-state index is 0. The molecule has 0 aliphatic carbocycles. The van der Waals surface area contributed by atoms with Crippen LogP contribution in [-0.4, -0.2) is 37.0 Å². The Labute approximate surface area is 139 Å². The predicted molar refractivity (Wildman–Crippen MR) is 90.9 cm³/mol. The predicted octanol–water partition coefficient (Wildman–Crippen LogP) is 3.47. The van der Waals surface area contributed by atoms with E-state index in [0.717, 1.165) is 38.8 Å². The Balaban J connectivity index is 0.00000200. The Morgan fingerprint density at radius 3 is 3.00 bits per heavy atom. The molecule has 2 heterocycles. The molecule has 0 spiro atoms. The molecule has 0 radical (unpaired) electrons. The van der Waals surface area contributed by atoms with Crippen molar-refractivity contribution in [2.45, 2.75) is 38.1 Å². The lowest BCUT2D eigenvalue weighted by Gasteiger charge is -2.24. The summed E-state index contributed by atoms with van der Waals surface area (Å²) in [5, 5.41) is 3.18. The molecule has 1 unspecified atom stereocenters. The van der Waals surface area contributed by atoms with E-state index in [0.29, 0.717) is 18.4 Å². The summed E-state index contributed by atoms with van der Waals surface area (Å²) in [6.07, 6.45) is 4.93. The first-order valence-corrected chi connectivity index (χ1v) is 8.50. The van der Waals surface area contributed by atoms with Crippen molar-refractivity contribution in [3.8, 4) is 0 Å². The van der Waals surface area contributed by atoms with Gasteiger partial charge in [-0.15, -0.1) is 23.7 Å². The van der Waals surface area contributed by atoms with E-state index in [-0.39, 0.29) is 12.4 Å². The molecule has 0 bridgehead atoms. The van der Waals surface area contributed by atoms with Gasteiger partial charge in [0.2, 0.25) is 5.91 Å². The number of nitrogens with one attached hydrogen (secondary N) is 1. The van der Waals surface area contributed by atoms with Crippen molar-refractivity contribution in [2.24, 2.45) is 0 Å². The average molecular weight is 382 g/mol. The van der Waals surface area contributed by atoms with E-state index in [2.05, 4.69) is 38.3 Å². The molecule has 1 aromatic heterocycles. The first-order chi connectivity index (χ1) is 9.20. The van der Waals surface area contributed by atoms with Crippen LogP contribution in [0.3, 0.4) is 0 Å². The number of amides is 1. The number of likely N-dealkylation sites (N-methyl/N-ethyl adjacent to an activating group) is 1. The second-order valence-corrected chi connectivity index (χ2v) is 7.55. The molecule has 3 nitrogen and oxygen atoms in total. The standard InChI is InChI=1S/C14H21BrN2OS.ClH/c1-16-10-11-4-3-9-17(11)14(18)6-2-5-12-7-8-13(15)19-12;/h7-8,11,16H,2-6,9-10H2,1H3;1H. The molecule has 20 heavy (non-hydrogen) atoms. The minimum atomic E-state index is 0. The summed E-state index contributed by atoms with van der Waals surface area (Å²) in [4.78, 5) is 15.6. The summed E-state index contributed by atoms with van der Waals surface area (Å²) in [6.45, 7) is 1.86. The van der Waals surface area contributed by atoms with Crippen LogP contribution in [0, 0.1) is 0 Å². The fourth-order valence-electron chi connectivity index (χ4n) is 2.66. The molecule has 1 N–H and O–H groups in total. The van der Waals surface area contributed by atoms with Gasteiger partial charge in [0, 0.05) is 30.4 Å². The molecule has 1 atom stereocenters. The maximum Gasteiger partial charge on any atom is 0.222 e. The Morgan fingerprint density at radius 2 is 2.35 bits per heavy atom. The van der Waals surface area contributed by atoms with Gasteiger partial charge in [0.05, 0.1) is 3.79 Å². The van der Waals surface area contributed by atoms with Crippen LogP contribution >= 0.6 is 39.7 Å². The van der Waals surface area contributed by atoms with Crippen LogP contribution in [0.5, 0.6) is 0 Å². The summed E-state index contributed by atoms with van der Waals surface area (Å²) < 4.78 is 1.17. The van der Waals surface area contributed by atoms with Gasteiger partial charge < -0.3 is 10.2 Å². The number of nitrogens with zero attached hydrogens (tertiary/aromatic N) is 1. The van der Waals surface area contributed by atoms with Gasteiger partial charge in [0.25, 0.3) is 0 Å². The molecule has 1 fully saturated rings. The molecule has 1 saturated heterocycles. The Hall–Kier alpha value is -0.100. The third-order valence-corrected chi connectivity index (χ3v) is 5.26. The van der Waals surface area contributed by atoms with Crippen molar-refractivity contribution in [2.75, 3.05) is 20.1 Å². The average Bonchev–Trinajstić information content (AvgIpc) is 2.99. The maximum absolute atomic E-state index is 12.2. The molecule has 1 aromatic rings. The van der Waals surface area contributed by atoms with Gasteiger partial charge >= 0.3 is 0 Å². The van der Waals surface area contributed by atoms with Crippen LogP contribution in [0.15, 0.2) is 15.9 Å². The molecule has 1 amide bonds. The van der Waals surface area contributed by atoms with Gasteiger partial charge in [0.15, 0.2) is 0 Å². The van der Waals surface area contributed by atoms with Crippen molar-refractivity contribution in [1.82, 2.24) is 10.2 Å². The molecular formula is C14H22BrClN2OS. The Bertz CT molecular complexity index is 427. The normalized spacial score (nSPS) is 18.1. The summed E-state index contributed by atoms with van der Waals surface area (Å²) in [6, 6.07) is 4.62. The van der Waals surface area contributed by atoms with Crippen LogP contribution < -0.4 is 5.32 Å². The number of thiophene rings is 1. The summed E-state index contributed by atoms with van der Waals surface area (Å²) in [7, 11) is 1.95. The van der Waals surface area contributed by atoms with E-state index in [1.807, 2.05) is 7.05 Å². The van der Waals surface area contributed by atoms with Gasteiger partial charge in [-0.05, 0) is 60.8 Å². The second-order valence-electron chi connectivity index (χ2n) is 5.00. The number of hydrogen-bond acceptors (Lipinski definition) is 3. The van der Waals surface area contributed by atoms with Crippen molar-refractivity contribution in [1.29, 1.82) is 0 Å². The lowest BCUT2D eigenvalue weighted by Crippen LogP contribution is -2.40. The molecule has 6 heteroatoms. The summed E-state index contributed by atoms with van der Waals surface area (Å²) in [5.74, 6) is 0.327. The van der Waals surface area contributed by atoms with Crippen molar-refractivity contribution >= 4 is 45.6 Å². The van der Waals surface area contributed by atoms with Gasteiger partial charge in [-0.1, -0.05) is 0 Å². The number of halogens is 2. The highest BCUT2D eigenvalue weighted by atomic mass is 79.9. The highest BCUT2D eigenvalue weighted by Crippen LogP contribution is 2.24. The van der Waals surface area contributed by atoms with E-state index in [1.54, 1.807) is 11.3 Å². The van der Waals surface area contributed by atoms with E-state index in [1.165, 1.54) is 8.66 Å². The van der Waals surface area contributed by atoms with E-state index in [4.69, 9.17) is 0 Å². The van der Waals surface area contributed by atoms with Gasteiger partial charge in [0.1, 0.15) is 0 Å². The van der Waals surface area contributed by atoms with Crippen molar-refractivity contribution in [3.63, 3.8) is 0 Å². The number of rotatable bonds is 6. The molecular weight excluding hydrogens is 360 g/mol. The monoisotopic (exact) mass is 380 g/mol. The summed E-state index contributed by atoms with van der Waals surface area (Å²) >= 11 is 5.23. The highest BCUT2D eigenvalue weighted by Gasteiger charge is 2.27. The van der Waals surface area contributed by atoms with Crippen LogP contribution in [0.4, 0.5) is 0 Å². The third kappa shape index (κ3) is 5.02. The lowest BCUT2D eigenvalue weighted by atomic mass is 10.1. The molecule has 114 valence electrons. The molecule has 1 aliphatic rings. The first-order valence-electron chi connectivity index (χ1n) is 6.89. The van der Waals surface area contributed by atoms with Crippen LogP contribution in [-0.2, 0) is 11.2 Å². The second kappa shape index (κ2) is 9.03. The molecule has 2 rings (SSSR count). The fourth-order valence-corrected chi connectivity index (χ4v) is 4.18. The number of likely N-dealkylation sites (tertiary alicyclic amines) is 1. The van der Waals surface area contributed by atoms with Crippen LogP contribution in [0.2, 0.25) is 0 Å². The quantitative estimate of drug-likeness (QED) is 0.818. The minimum Gasteiger partial charge on any atom is -0.338 e. The smallest absolute Gasteiger partial charge is 0.222 e. The number of carbonyl (C=O) groups is 1. The molecule has 0 aromatic carbocycles. The van der Waals surface area contributed by atoms with Gasteiger partial charge in [-0.25, -0.2) is 0 Å². The maximum atomic E-state index is 12.2. The van der Waals surface area contributed by atoms with Crippen LogP contribution in [0.1, 0.15) is 30.6 Å². The molecule has 1 aliphatic heterocycles. The zero-order chi connectivity index (χ0) is 13.7. The Kier molecular flexibility index (Phi) is 8.10. The molecule has 0 saturated carbocycles. The van der Waals surface area contributed by atoms with Crippen molar-refractivity contribution in [3.05, 3.63) is 20.8 Å². The number of carbonyl (C=O) groups excluding carboxylic acids is 1. The van der Waals surface area contributed by atoms with E-state index in [9.17, 15) is 4.79 Å². The topological polar surface area (TPSA) is 32.3 Å². The van der Waals surface area contributed by atoms with E-state index >= 15 is 0 Å². The van der Waals surface area contributed by atoms with E-state index < -0.39 is 0 Å². The van der Waals surface area contributed by atoms with Gasteiger partial charge in [-0.3, -0.25) is 4.79 Å². The largest absolute Gasteiger partial charge is 0.338 e. The highest BCUT2D eigenvalue weighted by molar-refractivity contribution is 9.11. The fraction of sp³-hybridized carbons (Fsp3) is 0.643. The number of hydrogen-bond donors (Lipinski definition) is 1. The lowest BCUT2D eigenvalue weighted by molar-refractivity contribution is -0.132. The zero-order valence-corrected chi connectivity index (χ0v) is 15.0. The summed E-state index contributed by atoms with van der Waals surface area (Å²) in [5.41, 5.74) is 0. The SMILES string of the molecule is CNCC1CCCN1C(=O)CCCc1ccc(Br)s1.Cl. The van der Waals surface area contributed by atoms with Crippen molar-refractivity contribution < 1.29 is 4.79 Å². The Morgan fingerprint density at radius 1 is 1.55 bits per heavy atom.